The van der Waals surface area contributed by atoms with Crippen LogP contribution in [0, 0.1) is 6.92 Å². The Hall–Kier alpha value is -1.69. The third kappa shape index (κ3) is 1.63. The van der Waals surface area contributed by atoms with Gasteiger partial charge in [-0.3, -0.25) is 0 Å². The van der Waals surface area contributed by atoms with Crippen molar-refractivity contribution >= 4 is 17.3 Å². The van der Waals surface area contributed by atoms with E-state index in [0.29, 0.717) is 17.2 Å². The Morgan fingerprint density at radius 2 is 2.27 bits per heavy atom. The average Bonchev–Trinajstić information content (AvgIpc) is 2.71. The third-order valence-electron chi connectivity index (χ3n) is 2.00. The van der Waals surface area contributed by atoms with E-state index in [1.54, 1.807) is 29.4 Å². The first-order chi connectivity index (χ1) is 7.09. The predicted molar refractivity (Wildman–Crippen MR) is 56.0 cm³/mol. The summed E-state index contributed by atoms with van der Waals surface area (Å²) in [4.78, 5) is 15.1. The summed E-state index contributed by atoms with van der Waals surface area (Å²) in [5.74, 6) is 0.285. The molecule has 0 amide bonds. The molecule has 2 rings (SSSR count). The van der Waals surface area contributed by atoms with Crippen molar-refractivity contribution in [2.45, 2.75) is 6.92 Å². The summed E-state index contributed by atoms with van der Waals surface area (Å²) in [7, 11) is 1.75. The summed E-state index contributed by atoms with van der Waals surface area (Å²) < 4.78 is 1.59. The van der Waals surface area contributed by atoms with Crippen LogP contribution in [0.4, 0.5) is 0 Å². The van der Waals surface area contributed by atoms with Crippen molar-refractivity contribution in [3.63, 3.8) is 0 Å². The molecule has 2 aromatic heterocycles. The fourth-order valence-electron chi connectivity index (χ4n) is 1.38. The molecule has 0 saturated heterocycles. The summed E-state index contributed by atoms with van der Waals surface area (Å²) in [6.07, 6.45) is 0. The van der Waals surface area contributed by atoms with Gasteiger partial charge >= 0.3 is 5.97 Å². The third-order valence-corrected chi connectivity index (χ3v) is 2.75. The molecule has 1 N–H and O–H groups in total. The number of carboxylic acids is 1. The molecule has 6 heteroatoms. The van der Waals surface area contributed by atoms with Crippen LogP contribution in [0.15, 0.2) is 10.8 Å². The summed E-state index contributed by atoms with van der Waals surface area (Å²) in [5.41, 5.74) is 0.895. The van der Waals surface area contributed by atoms with Crippen LogP contribution in [0.1, 0.15) is 16.2 Å². The molecule has 0 aliphatic rings. The predicted octanol–water partition coefficient (Wildman–Crippen LogP) is 1.55. The van der Waals surface area contributed by atoms with E-state index in [-0.39, 0.29) is 5.56 Å². The SMILES string of the molecule is Cc1nc(-c2cscc2C(=O)O)n(C)n1. The Bertz CT molecular complexity index is 515. The monoisotopic (exact) mass is 223 g/mol. The minimum Gasteiger partial charge on any atom is -0.478 e. The summed E-state index contributed by atoms with van der Waals surface area (Å²) in [5, 5.41) is 16.4. The van der Waals surface area contributed by atoms with Gasteiger partial charge in [-0.15, -0.1) is 0 Å². The fraction of sp³-hybridized carbons (Fsp3) is 0.222. The Labute approximate surface area is 90.0 Å². The van der Waals surface area contributed by atoms with Crippen LogP contribution in [0.25, 0.3) is 11.4 Å². The van der Waals surface area contributed by atoms with E-state index < -0.39 is 5.97 Å². The zero-order chi connectivity index (χ0) is 11.0. The van der Waals surface area contributed by atoms with Crippen molar-refractivity contribution in [3.05, 3.63) is 22.1 Å². The first-order valence-corrected chi connectivity index (χ1v) is 5.21. The first kappa shape index (κ1) is 9.85. The number of rotatable bonds is 2. The van der Waals surface area contributed by atoms with Gasteiger partial charge in [-0.1, -0.05) is 0 Å². The van der Waals surface area contributed by atoms with E-state index in [2.05, 4.69) is 10.1 Å². The summed E-state index contributed by atoms with van der Waals surface area (Å²) in [6.45, 7) is 1.77. The second kappa shape index (κ2) is 3.47. The van der Waals surface area contributed by atoms with Crippen molar-refractivity contribution < 1.29 is 9.90 Å². The molecule has 2 heterocycles. The number of hydrogen-bond donors (Lipinski definition) is 1. The molecular weight excluding hydrogens is 214 g/mol. The van der Waals surface area contributed by atoms with Gasteiger partial charge in [0.2, 0.25) is 0 Å². The Morgan fingerprint density at radius 1 is 1.53 bits per heavy atom. The maximum absolute atomic E-state index is 10.9. The number of nitrogens with zero attached hydrogens (tertiary/aromatic N) is 3. The number of aryl methyl sites for hydroxylation is 2. The standard InChI is InChI=1S/C9H9N3O2S/c1-5-10-8(12(2)11-5)6-3-15-4-7(6)9(13)14/h3-4H,1-2H3,(H,13,14). The molecular formula is C9H9N3O2S. The molecule has 0 radical (unpaired) electrons. The van der Waals surface area contributed by atoms with Crippen molar-refractivity contribution in [1.29, 1.82) is 0 Å². The van der Waals surface area contributed by atoms with Crippen LogP contribution in [0.5, 0.6) is 0 Å². The Kier molecular flexibility index (Phi) is 2.28. The molecule has 5 nitrogen and oxygen atoms in total. The van der Waals surface area contributed by atoms with Gasteiger partial charge in [0.25, 0.3) is 0 Å². The second-order valence-corrected chi connectivity index (χ2v) is 3.85. The molecule has 0 fully saturated rings. The highest BCUT2D eigenvalue weighted by atomic mass is 32.1. The molecule has 0 unspecified atom stereocenters. The van der Waals surface area contributed by atoms with Gasteiger partial charge in [0.15, 0.2) is 5.82 Å². The quantitative estimate of drug-likeness (QED) is 0.838. The largest absolute Gasteiger partial charge is 0.478 e. The second-order valence-electron chi connectivity index (χ2n) is 3.11. The summed E-state index contributed by atoms with van der Waals surface area (Å²) >= 11 is 1.35. The normalized spacial score (nSPS) is 10.5. The van der Waals surface area contributed by atoms with Gasteiger partial charge in [-0.05, 0) is 6.92 Å². The van der Waals surface area contributed by atoms with Crippen LogP contribution in [-0.2, 0) is 7.05 Å². The van der Waals surface area contributed by atoms with Gasteiger partial charge in [0.1, 0.15) is 5.82 Å². The minimum atomic E-state index is -0.938. The number of hydrogen-bond acceptors (Lipinski definition) is 4. The smallest absolute Gasteiger partial charge is 0.337 e. The molecule has 0 spiro atoms. The Balaban J connectivity index is 2.58. The summed E-state index contributed by atoms with van der Waals surface area (Å²) in [6, 6.07) is 0. The number of thiophene rings is 1. The van der Waals surface area contributed by atoms with Crippen LogP contribution < -0.4 is 0 Å². The van der Waals surface area contributed by atoms with Crippen LogP contribution in [-0.4, -0.2) is 25.8 Å². The highest BCUT2D eigenvalue weighted by molar-refractivity contribution is 7.08. The average molecular weight is 223 g/mol. The topological polar surface area (TPSA) is 68.0 Å². The molecule has 2 aromatic rings. The van der Waals surface area contributed by atoms with Gasteiger partial charge < -0.3 is 5.11 Å². The fourth-order valence-corrected chi connectivity index (χ4v) is 2.18. The maximum atomic E-state index is 10.9. The van der Waals surface area contributed by atoms with Gasteiger partial charge in [0.05, 0.1) is 5.56 Å². The van der Waals surface area contributed by atoms with E-state index in [9.17, 15) is 4.79 Å². The number of aromatic carboxylic acids is 1. The number of carboxylic acid groups (broad SMARTS) is 1. The van der Waals surface area contributed by atoms with Crippen LogP contribution in [0.3, 0.4) is 0 Å². The highest BCUT2D eigenvalue weighted by Gasteiger charge is 2.17. The van der Waals surface area contributed by atoms with Crippen LogP contribution in [0.2, 0.25) is 0 Å². The van der Waals surface area contributed by atoms with E-state index in [1.807, 2.05) is 0 Å². The first-order valence-electron chi connectivity index (χ1n) is 4.27. The van der Waals surface area contributed by atoms with Crippen molar-refractivity contribution in [2.24, 2.45) is 7.05 Å². The zero-order valence-electron chi connectivity index (χ0n) is 8.26. The molecule has 0 aliphatic carbocycles. The molecule has 0 aromatic carbocycles. The van der Waals surface area contributed by atoms with Crippen molar-refractivity contribution in [3.8, 4) is 11.4 Å². The van der Waals surface area contributed by atoms with E-state index in [4.69, 9.17) is 5.11 Å². The molecule has 78 valence electrons. The van der Waals surface area contributed by atoms with Crippen LogP contribution >= 0.6 is 11.3 Å². The minimum absolute atomic E-state index is 0.274. The lowest BCUT2D eigenvalue weighted by atomic mass is 10.2. The van der Waals surface area contributed by atoms with Gasteiger partial charge in [-0.25, -0.2) is 14.5 Å². The molecule has 0 atom stereocenters. The molecule has 0 aliphatic heterocycles. The lowest BCUT2D eigenvalue weighted by molar-refractivity contribution is 0.0698. The van der Waals surface area contributed by atoms with Crippen molar-refractivity contribution in [2.75, 3.05) is 0 Å². The van der Waals surface area contributed by atoms with E-state index >= 15 is 0 Å². The van der Waals surface area contributed by atoms with Gasteiger partial charge in [-0.2, -0.15) is 16.4 Å². The molecule has 15 heavy (non-hydrogen) atoms. The van der Waals surface area contributed by atoms with Gasteiger partial charge in [0, 0.05) is 23.4 Å². The lowest BCUT2D eigenvalue weighted by Gasteiger charge is -1.98. The highest BCUT2D eigenvalue weighted by Crippen LogP contribution is 2.25. The van der Waals surface area contributed by atoms with Crippen molar-refractivity contribution in [1.82, 2.24) is 14.8 Å². The van der Waals surface area contributed by atoms with E-state index in [0.717, 1.165) is 0 Å². The number of carbonyl (C=O) groups is 1. The maximum Gasteiger partial charge on any atom is 0.337 e. The Morgan fingerprint density at radius 3 is 2.80 bits per heavy atom. The zero-order valence-corrected chi connectivity index (χ0v) is 9.08. The molecule has 0 bridgehead atoms. The molecule has 0 saturated carbocycles. The van der Waals surface area contributed by atoms with E-state index in [1.165, 1.54) is 11.3 Å². The lowest BCUT2D eigenvalue weighted by Crippen LogP contribution is -2.00. The number of aromatic nitrogens is 3.